The summed E-state index contributed by atoms with van der Waals surface area (Å²) in [5.41, 5.74) is 0.696. The molecule has 0 unspecified atom stereocenters. The smallest absolute Gasteiger partial charge is 0.151 e. The summed E-state index contributed by atoms with van der Waals surface area (Å²) in [7, 11) is 3.66. The van der Waals surface area contributed by atoms with Gasteiger partial charge in [0.25, 0.3) is 0 Å². The van der Waals surface area contributed by atoms with Crippen molar-refractivity contribution < 1.29 is 9.18 Å². The van der Waals surface area contributed by atoms with E-state index in [9.17, 15) is 9.18 Å². The van der Waals surface area contributed by atoms with Gasteiger partial charge in [-0.3, -0.25) is 4.79 Å². The molecule has 0 atom stereocenters. The van der Waals surface area contributed by atoms with Crippen LogP contribution in [0.15, 0.2) is 22.7 Å². The van der Waals surface area contributed by atoms with Crippen molar-refractivity contribution in [2.45, 2.75) is 6.42 Å². The second-order valence-electron chi connectivity index (χ2n) is 3.69. The number of hydrogen-bond acceptors (Lipinski definition) is 2. The molecule has 0 saturated carbocycles. The average molecular weight is 274 g/mol. The molecule has 0 radical (unpaired) electrons. The highest BCUT2D eigenvalue weighted by Gasteiger charge is 2.08. The monoisotopic (exact) mass is 273 g/mol. The van der Waals surface area contributed by atoms with Crippen molar-refractivity contribution in [2.75, 3.05) is 20.6 Å². The summed E-state index contributed by atoms with van der Waals surface area (Å²) in [6.07, 6.45) is 0.260. The van der Waals surface area contributed by atoms with Gasteiger partial charge in [0.15, 0.2) is 5.78 Å². The molecule has 82 valence electrons. The number of likely N-dealkylation sites (N-methyl/N-ethyl adjacent to an activating group) is 1. The van der Waals surface area contributed by atoms with E-state index in [0.29, 0.717) is 12.1 Å². The van der Waals surface area contributed by atoms with E-state index >= 15 is 0 Å². The number of carbonyl (C=O) groups is 1. The maximum Gasteiger partial charge on any atom is 0.151 e. The molecule has 1 rings (SSSR count). The minimum Gasteiger partial charge on any atom is -0.302 e. The molecule has 0 N–H and O–H groups in total. The van der Waals surface area contributed by atoms with Crippen LogP contribution in [-0.4, -0.2) is 31.3 Å². The molecule has 15 heavy (non-hydrogen) atoms. The summed E-state index contributed by atoms with van der Waals surface area (Å²) in [6.45, 7) is 0.378. The molecule has 0 amide bonds. The van der Waals surface area contributed by atoms with E-state index in [1.807, 2.05) is 14.1 Å². The van der Waals surface area contributed by atoms with E-state index in [4.69, 9.17) is 0 Å². The molecular formula is C11H13BrFNO. The lowest BCUT2D eigenvalue weighted by Gasteiger charge is -2.09. The number of rotatable bonds is 4. The Morgan fingerprint density at radius 1 is 1.47 bits per heavy atom. The normalized spacial score (nSPS) is 10.7. The zero-order chi connectivity index (χ0) is 11.4. The quantitative estimate of drug-likeness (QED) is 0.839. The fourth-order valence-electron chi connectivity index (χ4n) is 1.30. The van der Waals surface area contributed by atoms with E-state index in [-0.39, 0.29) is 18.0 Å². The second-order valence-corrected chi connectivity index (χ2v) is 4.54. The zero-order valence-corrected chi connectivity index (χ0v) is 10.3. The largest absolute Gasteiger partial charge is 0.302 e. The predicted octanol–water partition coefficient (Wildman–Crippen LogP) is 2.26. The summed E-state index contributed by atoms with van der Waals surface area (Å²) in [5, 5.41) is 0. The Labute approximate surface area is 97.2 Å². The third-order valence-corrected chi connectivity index (χ3v) is 2.66. The number of halogens is 2. The molecule has 2 nitrogen and oxygen atoms in total. The first-order chi connectivity index (χ1) is 6.99. The van der Waals surface area contributed by atoms with Crippen LogP contribution in [0.2, 0.25) is 0 Å². The molecule has 0 bridgehead atoms. The highest BCUT2D eigenvalue weighted by Crippen LogP contribution is 2.18. The Kier molecular flexibility index (Phi) is 4.42. The van der Waals surface area contributed by atoms with Crippen LogP contribution in [0.3, 0.4) is 0 Å². The highest BCUT2D eigenvalue weighted by molar-refractivity contribution is 9.10. The van der Waals surface area contributed by atoms with Crippen LogP contribution in [-0.2, 0) is 11.2 Å². The third-order valence-electron chi connectivity index (χ3n) is 1.89. The van der Waals surface area contributed by atoms with Gasteiger partial charge >= 0.3 is 0 Å². The third kappa shape index (κ3) is 4.10. The summed E-state index contributed by atoms with van der Waals surface area (Å²) in [5.74, 6) is -0.239. The number of benzene rings is 1. The van der Waals surface area contributed by atoms with Crippen LogP contribution in [0, 0.1) is 5.82 Å². The van der Waals surface area contributed by atoms with E-state index in [0.717, 1.165) is 4.47 Å². The van der Waals surface area contributed by atoms with Crippen LogP contribution in [0.1, 0.15) is 5.56 Å². The van der Waals surface area contributed by atoms with Crippen molar-refractivity contribution in [3.8, 4) is 0 Å². The van der Waals surface area contributed by atoms with Gasteiger partial charge < -0.3 is 4.90 Å². The first-order valence-electron chi connectivity index (χ1n) is 4.59. The highest BCUT2D eigenvalue weighted by atomic mass is 79.9. The van der Waals surface area contributed by atoms with Gasteiger partial charge in [0.2, 0.25) is 0 Å². The van der Waals surface area contributed by atoms with Crippen LogP contribution in [0.5, 0.6) is 0 Å². The fraction of sp³-hybridized carbons (Fsp3) is 0.364. The molecule has 1 aromatic rings. The van der Waals surface area contributed by atoms with Gasteiger partial charge in [-0.2, -0.15) is 0 Å². The van der Waals surface area contributed by atoms with E-state index < -0.39 is 0 Å². The van der Waals surface area contributed by atoms with Crippen LogP contribution >= 0.6 is 15.9 Å². The van der Waals surface area contributed by atoms with Crippen molar-refractivity contribution in [3.63, 3.8) is 0 Å². The number of hydrogen-bond donors (Lipinski definition) is 0. The molecule has 0 aliphatic rings. The Morgan fingerprint density at radius 3 is 2.73 bits per heavy atom. The lowest BCUT2D eigenvalue weighted by atomic mass is 10.1. The molecule has 0 aliphatic heterocycles. The van der Waals surface area contributed by atoms with Gasteiger partial charge in [0.05, 0.1) is 6.54 Å². The van der Waals surface area contributed by atoms with Crippen LogP contribution in [0.25, 0.3) is 0 Å². The van der Waals surface area contributed by atoms with Crippen molar-refractivity contribution >= 4 is 21.7 Å². The first-order valence-corrected chi connectivity index (χ1v) is 5.38. The molecule has 0 aliphatic carbocycles. The number of nitrogens with zero attached hydrogens (tertiary/aromatic N) is 1. The van der Waals surface area contributed by atoms with Crippen molar-refractivity contribution in [3.05, 3.63) is 34.1 Å². The summed E-state index contributed by atoms with van der Waals surface area (Å²) in [6, 6.07) is 4.37. The Balaban J connectivity index is 2.71. The lowest BCUT2D eigenvalue weighted by molar-refractivity contribution is -0.119. The number of Topliss-reactive ketones (excluding diaryl/α,β-unsaturated/α-hetero) is 1. The molecule has 4 heteroatoms. The van der Waals surface area contributed by atoms with Crippen LogP contribution < -0.4 is 0 Å². The Morgan fingerprint density at radius 2 is 2.13 bits per heavy atom. The van der Waals surface area contributed by atoms with Crippen molar-refractivity contribution in [1.29, 1.82) is 0 Å². The SMILES string of the molecule is CN(C)CC(=O)Cc1cc(F)ccc1Br. The molecular weight excluding hydrogens is 261 g/mol. The van der Waals surface area contributed by atoms with Gasteiger partial charge in [-0.1, -0.05) is 15.9 Å². The molecule has 0 aromatic heterocycles. The minimum atomic E-state index is -0.314. The summed E-state index contributed by atoms with van der Waals surface area (Å²) < 4.78 is 13.7. The van der Waals surface area contributed by atoms with Gasteiger partial charge in [-0.15, -0.1) is 0 Å². The fourth-order valence-corrected chi connectivity index (χ4v) is 1.69. The van der Waals surface area contributed by atoms with Gasteiger partial charge in [0, 0.05) is 10.9 Å². The summed E-state index contributed by atoms with van der Waals surface area (Å²) in [4.78, 5) is 13.3. The van der Waals surface area contributed by atoms with Crippen LogP contribution in [0.4, 0.5) is 4.39 Å². The summed E-state index contributed by atoms with van der Waals surface area (Å²) >= 11 is 3.29. The lowest BCUT2D eigenvalue weighted by Crippen LogP contribution is -2.23. The van der Waals surface area contributed by atoms with Gasteiger partial charge in [0.1, 0.15) is 5.82 Å². The zero-order valence-electron chi connectivity index (χ0n) is 8.76. The van der Waals surface area contributed by atoms with E-state index in [2.05, 4.69) is 15.9 Å². The van der Waals surface area contributed by atoms with E-state index in [1.165, 1.54) is 12.1 Å². The maximum absolute atomic E-state index is 12.9. The van der Waals surface area contributed by atoms with Crippen molar-refractivity contribution in [1.82, 2.24) is 4.90 Å². The maximum atomic E-state index is 12.9. The Bertz CT molecular complexity index is 366. The average Bonchev–Trinajstić information content (AvgIpc) is 2.10. The molecule has 0 heterocycles. The van der Waals surface area contributed by atoms with Gasteiger partial charge in [-0.25, -0.2) is 4.39 Å². The number of ketones is 1. The Hall–Kier alpha value is -0.740. The predicted molar refractivity (Wildman–Crippen MR) is 61.4 cm³/mol. The molecule has 0 saturated heterocycles. The first kappa shape index (κ1) is 12.3. The molecule has 1 aromatic carbocycles. The van der Waals surface area contributed by atoms with Gasteiger partial charge in [-0.05, 0) is 37.9 Å². The second kappa shape index (κ2) is 5.37. The van der Waals surface area contributed by atoms with E-state index in [1.54, 1.807) is 11.0 Å². The molecule has 0 fully saturated rings. The van der Waals surface area contributed by atoms with Crippen molar-refractivity contribution in [2.24, 2.45) is 0 Å². The topological polar surface area (TPSA) is 20.3 Å². The standard InChI is InChI=1S/C11H13BrFNO/c1-14(2)7-10(15)6-8-5-9(13)3-4-11(8)12/h3-5H,6-7H2,1-2H3. The number of carbonyl (C=O) groups excluding carboxylic acids is 1. The minimum absolute atomic E-state index is 0.0753. The molecule has 0 spiro atoms.